The zero-order valence-corrected chi connectivity index (χ0v) is 20.4. The van der Waals surface area contributed by atoms with Gasteiger partial charge in [0.25, 0.3) is 0 Å². The lowest BCUT2D eigenvalue weighted by molar-refractivity contribution is -0.134. The second-order valence-corrected chi connectivity index (χ2v) is 12.5. The van der Waals surface area contributed by atoms with Gasteiger partial charge in [-0.1, -0.05) is 6.07 Å². The molecule has 34 heavy (non-hydrogen) atoms. The van der Waals surface area contributed by atoms with Crippen molar-refractivity contribution in [3.05, 3.63) is 24.3 Å². The summed E-state index contributed by atoms with van der Waals surface area (Å²) >= 11 is 0. The number of carbonyl (C=O) groups excluding carboxylic acids is 2. The Balaban J connectivity index is 1.25. The monoisotopic (exact) mass is 490 g/mol. The predicted octanol–water partition coefficient (Wildman–Crippen LogP) is 1.64. The Morgan fingerprint density at radius 1 is 1.18 bits per heavy atom. The highest BCUT2D eigenvalue weighted by Gasteiger charge is 2.56. The zero-order chi connectivity index (χ0) is 24.1. The molecule has 3 N–H and O–H groups in total. The van der Waals surface area contributed by atoms with E-state index in [4.69, 9.17) is 10.5 Å². The number of rotatable bonds is 7. The molecule has 1 aliphatic heterocycles. The van der Waals surface area contributed by atoms with Crippen molar-refractivity contribution in [2.45, 2.75) is 51.0 Å². The predicted molar refractivity (Wildman–Crippen MR) is 127 cm³/mol. The number of methoxy groups -OCH3 is 1. The number of primary amides is 1. The summed E-state index contributed by atoms with van der Waals surface area (Å²) in [5.41, 5.74) is 6.08. The molecule has 1 heterocycles. The lowest BCUT2D eigenvalue weighted by Gasteiger charge is -2.60. The first-order valence-corrected chi connectivity index (χ1v) is 13.6. The third-order valence-corrected chi connectivity index (χ3v) is 10.2. The molecule has 2 amide bonds. The normalized spacial score (nSPS) is 34.1. The van der Waals surface area contributed by atoms with E-state index in [1.165, 1.54) is 8.61 Å². The molecule has 1 saturated heterocycles. The van der Waals surface area contributed by atoms with Crippen LogP contribution in [0.3, 0.4) is 0 Å². The molecule has 0 aromatic heterocycles. The van der Waals surface area contributed by atoms with E-state index in [0.29, 0.717) is 55.1 Å². The highest BCUT2D eigenvalue weighted by molar-refractivity contribution is 7.90. The van der Waals surface area contributed by atoms with Gasteiger partial charge in [-0.3, -0.25) is 13.9 Å². The summed E-state index contributed by atoms with van der Waals surface area (Å²) < 4.78 is 34.5. The topological polar surface area (TPSA) is 122 Å². The van der Waals surface area contributed by atoms with Crippen LogP contribution >= 0.6 is 0 Å². The van der Waals surface area contributed by atoms with Gasteiger partial charge in [-0.2, -0.15) is 12.7 Å². The van der Waals surface area contributed by atoms with Gasteiger partial charge in [-0.05, 0) is 73.8 Å². The fourth-order valence-corrected chi connectivity index (χ4v) is 9.01. The largest absolute Gasteiger partial charge is 0.497 e. The first kappa shape index (κ1) is 23.4. The summed E-state index contributed by atoms with van der Waals surface area (Å²) in [5.74, 6) is 1.36. The highest BCUT2D eigenvalue weighted by atomic mass is 32.2. The minimum Gasteiger partial charge on any atom is -0.497 e. The standard InChI is InChI=1S/C24H34N4O5S/c1-33-20-5-2-4-19(10-20)28-7-3-6-27(34(28,31)32)15-22(30)26-23-17-8-16-9-18(23)13-24(11-16,12-17)14-21(25)29/h2,4-5,10,16-18,23H,3,6-9,11-15H2,1H3,(H2,25,29)(H,26,30). The van der Waals surface area contributed by atoms with Crippen molar-refractivity contribution in [2.75, 3.05) is 31.0 Å². The SMILES string of the molecule is COc1cccc(N2CCCN(CC(=O)NC3C4CC5CC3CC(CC(N)=O)(C5)C4)S2(=O)=O)c1. The van der Waals surface area contributed by atoms with E-state index in [-0.39, 0.29) is 29.8 Å². The molecule has 0 spiro atoms. The fraction of sp³-hybridized carbons (Fsp3) is 0.667. The second-order valence-electron chi connectivity index (χ2n) is 10.7. The Morgan fingerprint density at radius 2 is 1.91 bits per heavy atom. The van der Waals surface area contributed by atoms with Gasteiger partial charge >= 0.3 is 10.2 Å². The van der Waals surface area contributed by atoms with Crippen LogP contribution in [0.25, 0.3) is 0 Å². The molecule has 1 aromatic rings. The molecule has 4 bridgehead atoms. The van der Waals surface area contributed by atoms with E-state index in [9.17, 15) is 18.0 Å². The van der Waals surface area contributed by atoms with E-state index in [2.05, 4.69) is 5.32 Å². The number of anilines is 1. The van der Waals surface area contributed by atoms with E-state index in [0.717, 1.165) is 32.1 Å². The number of carbonyl (C=O) groups is 2. The van der Waals surface area contributed by atoms with Gasteiger partial charge in [-0.25, -0.2) is 0 Å². The van der Waals surface area contributed by atoms with Crippen molar-refractivity contribution in [2.24, 2.45) is 28.9 Å². The minimum absolute atomic E-state index is 0.00296. The molecule has 4 aliphatic carbocycles. The Kier molecular flexibility index (Phi) is 6.00. The molecule has 2 atom stereocenters. The lowest BCUT2D eigenvalue weighted by atomic mass is 9.47. The van der Waals surface area contributed by atoms with Crippen LogP contribution in [-0.2, 0) is 19.8 Å². The van der Waals surface area contributed by atoms with Crippen molar-refractivity contribution in [1.82, 2.24) is 9.62 Å². The quantitative estimate of drug-likeness (QED) is 0.602. The third kappa shape index (κ3) is 4.26. The smallest absolute Gasteiger partial charge is 0.304 e. The van der Waals surface area contributed by atoms with Crippen LogP contribution in [0.5, 0.6) is 5.75 Å². The van der Waals surface area contributed by atoms with Gasteiger partial charge in [0.2, 0.25) is 11.8 Å². The molecule has 10 heteroatoms. The second kappa shape index (κ2) is 8.71. The molecule has 6 rings (SSSR count). The van der Waals surface area contributed by atoms with Crippen LogP contribution in [0.4, 0.5) is 5.69 Å². The average molecular weight is 491 g/mol. The molecular formula is C24H34N4O5S. The molecule has 9 nitrogen and oxygen atoms in total. The maximum absolute atomic E-state index is 13.3. The Labute approximate surface area is 201 Å². The Hall–Kier alpha value is -2.33. The van der Waals surface area contributed by atoms with Crippen molar-refractivity contribution in [3.63, 3.8) is 0 Å². The lowest BCUT2D eigenvalue weighted by Crippen LogP contribution is -2.61. The van der Waals surface area contributed by atoms with E-state index in [1.807, 2.05) is 0 Å². The number of nitrogens with zero attached hydrogens (tertiary/aromatic N) is 2. The van der Waals surface area contributed by atoms with Crippen LogP contribution < -0.4 is 20.1 Å². The Bertz CT molecular complexity index is 1060. The number of nitrogens with two attached hydrogens (primary N) is 1. The molecule has 1 aromatic carbocycles. The number of hydrogen-bond acceptors (Lipinski definition) is 5. The van der Waals surface area contributed by atoms with Crippen LogP contribution in [0.15, 0.2) is 24.3 Å². The van der Waals surface area contributed by atoms with Gasteiger partial charge in [0, 0.05) is 31.6 Å². The number of ether oxygens (including phenoxy) is 1. The molecule has 5 aliphatic rings. The van der Waals surface area contributed by atoms with E-state index < -0.39 is 10.2 Å². The molecule has 0 radical (unpaired) electrons. The van der Waals surface area contributed by atoms with Crippen LogP contribution in [-0.4, -0.2) is 57.3 Å². The van der Waals surface area contributed by atoms with Crippen LogP contribution in [0.1, 0.15) is 44.9 Å². The zero-order valence-electron chi connectivity index (χ0n) is 19.6. The molecule has 2 unspecified atom stereocenters. The van der Waals surface area contributed by atoms with Gasteiger partial charge in [0.05, 0.1) is 19.3 Å². The van der Waals surface area contributed by atoms with Crippen molar-refractivity contribution < 1.29 is 22.7 Å². The maximum Gasteiger partial charge on any atom is 0.304 e. The maximum atomic E-state index is 13.3. The highest BCUT2D eigenvalue weighted by Crippen LogP contribution is 2.61. The van der Waals surface area contributed by atoms with Crippen molar-refractivity contribution in [3.8, 4) is 5.75 Å². The van der Waals surface area contributed by atoms with Gasteiger partial charge < -0.3 is 15.8 Å². The number of benzene rings is 1. The Morgan fingerprint density at radius 3 is 2.59 bits per heavy atom. The first-order chi connectivity index (χ1) is 16.2. The van der Waals surface area contributed by atoms with Crippen molar-refractivity contribution >= 4 is 27.7 Å². The summed E-state index contributed by atoms with van der Waals surface area (Å²) in [4.78, 5) is 24.7. The summed E-state index contributed by atoms with van der Waals surface area (Å²) in [6, 6.07) is 7.00. The summed E-state index contributed by atoms with van der Waals surface area (Å²) in [6.45, 7) is 0.496. The van der Waals surface area contributed by atoms with Crippen molar-refractivity contribution in [1.29, 1.82) is 0 Å². The molecular weight excluding hydrogens is 456 g/mol. The van der Waals surface area contributed by atoms with Gasteiger partial charge in [0.1, 0.15) is 5.75 Å². The molecule has 4 saturated carbocycles. The average Bonchev–Trinajstić information content (AvgIpc) is 2.76. The third-order valence-electron chi connectivity index (χ3n) is 8.31. The van der Waals surface area contributed by atoms with Gasteiger partial charge in [-0.15, -0.1) is 0 Å². The van der Waals surface area contributed by atoms with E-state index in [1.54, 1.807) is 31.4 Å². The van der Waals surface area contributed by atoms with E-state index >= 15 is 0 Å². The van der Waals surface area contributed by atoms with Crippen LogP contribution in [0.2, 0.25) is 0 Å². The fourth-order valence-electron chi connectivity index (χ4n) is 7.36. The molecule has 186 valence electrons. The summed E-state index contributed by atoms with van der Waals surface area (Å²) in [7, 11) is -2.28. The van der Waals surface area contributed by atoms with Crippen LogP contribution in [0, 0.1) is 23.2 Å². The first-order valence-electron chi connectivity index (χ1n) is 12.2. The summed E-state index contributed by atoms with van der Waals surface area (Å²) in [5, 5.41) is 3.19. The summed E-state index contributed by atoms with van der Waals surface area (Å²) in [6.07, 6.45) is 6.09. The number of amides is 2. The minimum atomic E-state index is -3.82. The molecule has 5 fully saturated rings. The number of hydrogen-bond donors (Lipinski definition) is 2. The number of nitrogens with one attached hydrogen (secondary N) is 1. The van der Waals surface area contributed by atoms with Gasteiger partial charge in [0.15, 0.2) is 0 Å².